The summed E-state index contributed by atoms with van der Waals surface area (Å²) in [6.07, 6.45) is -2.74. The van der Waals surface area contributed by atoms with Crippen molar-refractivity contribution in [3.8, 4) is 5.75 Å². The Morgan fingerprint density at radius 1 is 1.24 bits per heavy atom. The van der Waals surface area contributed by atoms with Gasteiger partial charge in [-0.05, 0) is 50.6 Å². The fourth-order valence-corrected chi connectivity index (χ4v) is 6.64. The Morgan fingerprint density at radius 2 is 1.97 bits per heavy atom. The number of fused-ring (bicyclic) bond motifs is 2. The molecule has 4 rings (SSSR count). The summed E-state index contributed by atoms with van der Waals surface area (Å²) in [4.78, 5) is 12.8. The molecule has 12 heteroatoms. The normalized spacial score (nSPS) is 27.2. The van der Waals surface area contributed by atoms with Crippen molar-refractivity contribution in [1.82, 2.24) is 14.9 Å². The Labute approximate surface area is 197 Å². The highest BCUT2D eigenvalue weighted by atomic mass is 32.2. The number of carbonyl (C=O) groups excluding carboxylic acids is 1. The second-order valence-corrected chi connectivity index (χ2v) is 11.0. The molecule has 0 aliphatic carbocycles. The topological polar surface area (TPSA) is 97.0 Å². The number of nitrogens with one attached hydrogen (secondary N) is 2. The average molecular weight is 506 g/mol. The molecule has 8 nitrogen and oxygen atoms in total. The minimum atomic E-state index is -4.73. The lowest BCUT2D eigenvalue weighted by Crippen LogP contribution is -2.58. The van der Waals surface area contributed by atoms with Gasteiger partial charge in [0, 0.05) is 31.5 Å². The smallest absolute Gasteiger partial charge is 0.416 e. The number of benzene rings is 1. The van der Waals surface area contributed by atoms with Crippen LogP contribution in [0.25, 0.3) is 0 Å². The first kappa shape index (κ1) is 25.2. The van der Waals surface area contributed by atoms with Gasteiger partial charge in [0.15, 0.2) is 0 Å². The summed E-state index contributed by atoms with van der Waals surface area (Å²) < 4.78 is 80.1. The number of carbonyl (C=O) groups is 1. The van der Waals surface area contributed by atoms with E-state index in [9.17, 15) is 26.4 Å². The second-order valence-electron chi connectivity index (χ2n) is 9.10. The van der Waals surface area contributed by atoms with E-state index >= 15 is 0 Å². The molecule has 0 aromatic heterocycles. The van der Waals surface area contributed by atoms with Gasteiger partial charge in [-0.1, -0.05) is 6.92 Å². The predicted molar refractivity (Wildman–Crippen MR) is 117 cm³/mol. The fourth-order valence-electron chi connectivity index (χ4n) is 4.85. The molecule has 34 heavy (non-hydrogen) atoms. The van der Waals surface area contributed by atoms with E-state index in [4.69, 9.17) is 9.47 Å². The Balaban J connectivity index is 1.79. The number of ether oxygens (including phenoxy) is 2. The summed E-state index contributed by atoms with van der Waals surface area (Å²) in [5.74, 6) is -0.605. The zero-order valence-corrected chi connectivity index (χ0v) is 19.8. The number of hydrogen-bond acceptors (Lipinski definition) is 6. The third kappa shape index (κ3) is 5.05. The van der Waals surface area contributed by atoms with Gasteiger partial charge in [-0.15, -0.1) is 0 Å². The minimum Gasteiger partial charge on any atom is -0.492 e. The van der Waals surface area contributed by atoms with E-state index in [2.05, 4.69) is 10.6 Å². The van der Waals surface area contributed by atoms with Gasteiger partial charge >= 0.3 is 6.18 Å². The van der Waals surface area contributed by atoms with Crippen LogP contribution < -0.4 is 15.4 Å². The quantitative estimate of drug-likeness (QED) is 0.655. The van der Waals surface area contributed by atoms with Crippen molar-refractivity contribution >= 4 is 15.9 Å². The van der Waals surface area contributed by atoms with Crippen LogP contribution in [0.5, 0.6) is 5.75 Å². The van der Waals surface area contributed by atoms with E-state index in [0.717, 1.165) is 16.4 Å². The van der Waals surface area contributed by atoms with Crippen LogP contribution in [0.3, 0.4) is 0 Å². The highest BCUT2D eigenvalue weighted by molar-refractivity contribution is 7.89. The molecule has 0 bridgehead atoms. The van der Waals surface area contributed by atoms with Crippen molar-refractivity contribution in [3.05, 3.63) is 23.8 Å². The van der Waals surface area contributed by atoms with Gasteiger partial charge < -0.3 is 20.1 Å². The van der Waals surface area contributed by atoms with Gasteiger partial charge in [0.1, 0.15) is 16.7 Å². The van der Waals surface area contributed by atoms with Crippen molar-refractivity contribution in [1.29, 1.82) is 0 Å². The molecule has 3 heterocycles. The summed E-state index contributed by atoms with van der Waals surface area (Å²) in [7, 11) is -4.50. The Hall–Kier alpha value is -1.89. The first-order valence-corrected chi connectivity index (χ1v) is 13.0. The highest BCUT2D eigenvalue weighted by Crippen LogP contribution is 2.39. The third-order valence-corrected chi connectivity index (χ3v) is 8.62. The lowest BCUT2D eigenvalue weighted by molar-refractivity contribution is -0.137. The van der Waals surface area contributed by atoms with Gasteiger partial charge in [-0.3, -0.25) is 4.79 Å². The van der Waals surface area contributed by atoms with Gasteiger partial charge in [0.2, 0.25) is 15.9 Å². The molecule has 0 saturated carbocycles. The summed E-state index contributed by atoms with van der Waals surface area (Å²) >= 11 is 0. The molecule has 2 atom stereocenters. The van der Waals surface area contributed by atoms with Gasteiger partial charge in [0.25, 0.3) is 0 Å². The minimum absolute atomic E-state index is 0.0566. The lowest BCUT2D eigenvalue weighted by Gasteiger charge is -2.39. The summed E-state index contributed by atoms with van der Waals surface area (Å²) in [6, 6.07) is 1.37. The van der Waals surface area contributed by atoms with Crippen LogP contribution in [-0.2, 0) is 25.7 Å². The van der Waals surface area contributed by atoms with Gasteiger partial charge in [-0.25, -0.2) is 8.42 Å². The molecule has 0 radical (unpaired) electrons. The molecule has 2 saturated heterocycles. The predicted octanol–water partition coefficient (Wildman–Crippen LogP) is 2.28. The average Bonchev–Trinajstić information content (AvgIpc) is 3.22. The molecular weight excluding hydrogens is 475 g/mol. The van der Waals surface area contributed by atoms with Crippen molar-refractivity contribution in [2.45, 2.75) is 67.8 Å². The van der Waals surface area contributed by atoms with Crippen molar-refractivity contribution in [2.75, 3.05) is 32.8 Å². The molecule has 1 spiro atoms. The molecule has 1 aromatic carbocycles. The number of hydrogen-bond donors (Lipinski definition) is 2. The summed E-state index contributed by atoms with van der Waals surface area (Å²) in [6.45, 7) is 3.60. The number of rotatable bonds is 3. The Kier molecular flexibility index (Phi) is 7.14. The van der Waals surface area contributed by atoms with Crippen molar-refractivity contribution in [2.24, 2.45) is 0 Å². The monoisotopic (exact) mass is 505 g/mol. The maximum Gasteiger partial charge on any atom is 0.416 e. The maximum absolute atomic E-state index is 13.7. The van der Waals surface area contributed by atoms with E-state index in [1.165, 1.54) is 0 Å². The molecule has 2 fully saturated rings. The molecule has 3 aliphatic heterocycles. The van der Waals surface area contributed by atoms with Crippen LogP contribution in [-0.4, -0.2) is 69.2 Å². The van der Waals surface area contributed by atoms with Gasteiger partial charge in [-0.2, -0.15) is 17.5 Å². The van der Waals surface area contributed by atoms with Crippen molar-refractivity contribution in [3.63, 3.8) is 0 Å². The largest absolute Gasteiger partial charge is 0.492 e. The van der Waals surface area contributed by atoms with Crippen LogP contribution in [0.4, 0.5) is 13.2 Å². The van der Waals surface area contributed by atoms with Crippen LogP contribution in [0, 0.1) is 0 Å². The van der Waals surface area contributed by atoms with E-state index in [-0.39, 0.29) is 25.3 Å². The van der Waals surface area contributed by atoms with Crippen LogP contribution in [0.1, 0.15) is 44.6 Å². The van der Waals surface area contributed by atoms with Crippen molar-refractivity contribution < 1.29 is 35.9 Å². The number of sulfonamides is 1. The second kappa shape index (κ2) is 9.63. The lowest BCUT2D eigenvalue weighted by atomic mass is 9.85. The molecule has 3 aliphatic rings. The van der Waals surface area contributed by atoms with E-state index in [1.54, 1.807) is 0 Å². The van der Waals surface area contributed by atoms with Crippen LogP contribution >= 0.6 is 0 Å². The van der Waals surface area contributed by atoms with Crippen LogP contribution in [0.15, 0.2) is 23.1 Å². The van der Waals surface area contributed by atoms with E-state index in [1.807, 2.05) is 6.92 Å². The molecular formula is C22H30F3N3O5S. The third-order valence-electron chi connectivity index (χ3n) is 6.72. The summed E-state index contributed by atoms with van der Waals surface area (Å²) in [5.41, 5.74) is -1.68. The van der Waals surface area contributed by atoms with E-state index in [0.29, 0.717) is 51.4 Å². The molecule has 1 amide bonds. The number of piperidine rings is 1. The standard InChI is InChI=1S/C22H30F3N3O5S/c1-2-10-32-16-13-17-20(29)27-21(5-8-26-9-6-21)7-11-33-18-4-3-15(22(23,24)25)12-19(18)34(30,31)28(17)14-16/h3-4,12,16-17,26H,2,5-11,13-14H2,1H3,(H,27,29)/t16-,17+/m1/s1. The van der Waals surface area contributed by atoms with E-state index < -0.39 is 50.3 Å². The Bertz CT molecular complexity index is 1010. The zero-order valence-electron chi connectivity index (χ0n) is 19.0. The molecule has 0 unspecified atom stereocenters. The fraction of sp³-hybridized carbons (Fsp3) is 0.682. The number of amides is 1. The van der Waals surface area contributed by atoms with Crippen LogP contribution in [0.2, 0.25) is 0 Å². The summed E-state index contributed by atoms with van der Waals surface area (Å²) in [5, 5.41) is 6.33. The number of nitrogens with zero attached hydrogens (tertiary/aromatic N) is 1. The van der Waals surface area contributed by atoms with Gasteiger partial charge in [0.05, 0.1) is 18.3 Å². The molecule has 2 N–H and O–H groups in total. The SMILES string of the molecule is CCCO[C@@H]1C[C@H]2C(=O)NC3(CCNCC3)CCOc3ccc(C(F)(F)F)cc3S(=O)(=O)N2C1. The zero-order chi connectivity index (χ0) is 24.6. The highest BCUT2D eigenvalue weighted by Gasteiger charge is 2.48. The number of alkyl halides is 3. The Morgan fingerprint density at radius 3 is 2.65 bits per heavy atom. The molecule has 190 valence electrons. The molecule has 1 aromatic rings. The maximum atomic E-state index is 13.7. The first-order valence-electron chi connectivity index (χ1n) is 11.6. The first-order chi connectivity index (χ1) is 16.1. The number of halogens is 3.